The number of hydrogen-bond donors (Lipinski definition) is 2. The van der Waals surface area contributed by atoms with Gasteiger partial charge in [0.1, 0.15) is 6.04 Å². The summed E-state index contributed by atoms with van der Waals surface area (Å²) in [6.07, 6.45) is 2.88. The minimum atomic E-state index is -0.745. The van der Waals surface area contributed by atoms with Gasteiger partial charge in [-0.1, -0.05) is 0 Å². The Hall–Kier alpha value is -0.610. The highest BCUT2D eigenvalue weighted by atomic mass is 16.4. The molecule has 1 rings (SSSR count). The van der Waals surface area contributed by atoms with Crippen LogP contribution >= 0.6 is 0 Å². The molecule has 1 fully saturated rings. The van der Waals surface area contributed by atoms with E-state index in [-0.39, 0.29) is 12.6 Å². The fraction of sp³-hybridized carbons (Fsp3) is 0.900. The molecule has 14 heavy (non-hydrogen) atoms. The maximum Gasteiger partial charge on any atom is 0.320 e. The second-order valence-corrected chi connectivity index (χ2v) is 4.01. The Morgan fingerprint density at radius 2 is 2.07 bits per heavy atom. The van der Waals surface area contributed by atoms with E-state index in [1.807, 2.05) is 4.90 Å². The number of nitrogens with zero attached hydrogens (tertiary/aromatic N) is 1. The first-order chi connectivity index (χ1) is 6.65. The molecule has 0 radical (unpaired) electrons. The fourth-order valence-electron chi connectivity index (χ4n) is 1.97. The first-order valence-electron chi connectivity index (χ1n) is 5.23. The van der Waals surface area contributed by atoms with E-state index in [0.717, 1.165) is 32.4 Å². The van der Waals surface area contributed by atoms with E-state index in [2.05, 4.69) is 0 Å². The third kappa shape index (κ3) is 2.96. The highest BCUT2D eigenvalue weighted by molar-refractivity contribution is 5.72. The monoisotopic (exact) mass is 201 g/mol. The van der Waals surface area contributed by atoms with Gasteiger partial charge in [-0.15, -0.1) is 0 Å². The SMILES string of the molecule is C[C@H](C(=O)O)N1CCC(CCO)CC1. The molecule has 4 nitrogen and oxygen atoms in total. The number of piperidine rings is 1. The average Bonchev–Trinajstić information content (AvgIpc) is 2.18. The number of aliphatic hydroxyl groups excluding tert-OH is 1. The zero-order valence-corrected chi connectivity index (χ0v) is 8.65. The molecular formula is C10H19NO3. The number of carboxylic acid groups (broad SMARTS) is 1. The molecule has 4 heteroatoms. The molecule has 82 valence electrons. The Bertz CT molecular complexity index is 188. The smallest absolute Gasteiger partial charge is 0.320 e. The second kappa shape index (κ2) is 5.32. The van der Waals surface area contributed by atoms with Gasteiger partial charge in [0.2, 0.25) is 0 Å². The summed E-state index contributed by atoms with van der Waals surface area (Å²) in [7, 11) is 0. The third-order valence-electron chi connectivity index (χ3n) is 3.09. The lowest BCUT2D eigenvalue weighted by molar-refractivity contribution is -0.143. The van der Waals surface area contributed by atoms with Gasteiger partial charge >= 0.3 is 5.97 Å². The number of carboxylic acids is 1. The Kier molecular flexibility index (Phi) is 4.35. The van der Waals surface area contributed by atoms with Gasteiger partial charge in [0, 0.05) is 6.61 Å². The molecule has 0 spiro atoms. The lowest BCUT2D eigenvalue weighted by Crippen LogP contribution is -2.44. The van der Waals surface area contributed by atoms with E-state index in [0.29, 0.717) is 5.92 Å². The van der Waals surface area contributed by atoms with E-state index in [1.54, 1.807) is 6.92 Å². The molecule has 1 heterocycles. The van der Waals surface area contributed by atoms with Crippen LogP contribution in [0.25, 0.3) is 0 Å². The molecule has 0 bridgehead atoms. The van der Waals surface area contributed by atoms with E-state index in [1.165, 1.54) is 0 Å². The highest BCUT2D eigenvalue weighted by Crippen LogP contribution is 2.21. The van der Waals surface area contributed by atoms with E-state index in [4.69, 9.17) is 10.2 Å². The molecule has 0 unspecified atom stereocenters. The Morgan fingerprint density at radius 1 is 1.50 bits per heavy atom. The van der Waals surface area contributed by atoms with Crippen molar-refractivity contribution in [3.05, 3.63) is 0 Å². The van der Waals surface area contributed by atoms with Crippen molar-refractivity contribution in [3.63, 3.8) is 0 Å². The third-order valence-corrected chi connectivity index (χ3v) is 3.09. The minimum absolute atomic E-state index is 0.249. The van der Waals surface area contributed by atoms with Crippen LogP contribution in [0.1, 0.15) is 26.2 Å². The topological polar surface area (TPSA) is 60.8 Å². The van der Waals surface area contributed by atoms with E-state index >= 15 is 0 Å². The molecule has 1 aliphatic heterocycles. The van der Waals surface area contributed by atoms with Gasteiger partial charge in [-0.25, -0.2) is 0 Å². The number of rotatable bonds is 4. The van der Waals surface area contributed by atoms with Gasteiger partial charge in [0.25, 0.3) is 0 Å². The van der Waals surface area contributed by atoms with Crippen LogP contribution in [0.4, 0.5) is 0 Å². The summed E-state index contributed by atoms with van der Waals surface area (Å²) in [6, 6.07) is -0.370. The van der Waals surface area contributed by atoms with Gasteiger partial charge in [0.15, 0.2) is 0 Å². The van der Waals surface area contributed by atoms with Gasteiger partial charge in [-0.3, -0.25) is 9.69 Å². The quantitative estimate of drug-likeness (QED) is 0.697. The van der Waals surface area contributed by atoms with E-state index in [9.17, 15) is 4.79 Å². The van der Waals surface area contributed by atoms with E-state index < -0.39 is 5.97 Å². The summed E-state index contributed by atoms with van der Waals surface area (Å²) in [4.78, 5) is 12.7. The van der Waals surface area contributed by atoms with Crippen LogP contribution in [0.3, 0.4) is 0 Å². The van der Waals surface area contributed by atoms with Crippen LogP contribution < -0.4 is 0 Å². The molecule has 0 amide bonds. The molecular weight excluding hydrogens is 182 g/mol. The normalized spacial score (nSPS) is 22.1. The Labute approximate surface area is 84.5 Å². The second-order valence-electron chi connectivity index (χ2n) is 4.01. The van der Waals surface area contributed by atoms with Crippen molar-refractivity contribution in [1.82, 2.24) is 4.90 Å². The molecule has 2 N–H and O–H groups in total. The summed E-state index contributed by atoms with van der Waals surface area (Å²) in [5.74, 6) is -0.164. The first kappa shape index (κ1) is 11.5. The van der Waals surface area contributed by atoms with Crippen LogP contribution in [-0.4, -0.2) is 46.8 Å². The van der Waals surface area contributed by atoms with Crippen LogP contribution in [0.2, 0.25) is 0 Å². The fourth-order valence-corrected chi connectivity index (χ4v) is 1.97. The maximum absolute atomic E-state index is 10.7. The zero-order valence-electron chi connectivity index (χ0n) is 8.65. The van der Waals surface area contributed by atoms with Gasteiger partial charge in [-0.2, -0.15) is 0 Å². The van der Waals surface area contributed by atoms with Crippen LogP contribution in [0, 0.1) is 5.92 Å². The maximum atomic E-state index is 10.7. The van der Waals surface area contributed by atoms with Crippen LogP contribution in [0.15, 0.2) is 0 Å². The minimum Gasteiger partial charge on any atom is -0.480 e. The number of carbonyl (C=O) groups is 1. The molecule has 1 saturated heterocycles. The Morgan fingerprint density at radius 3 is 2.50 bits per heavy atom. The van der Waals surface area contributed by atoms with Gasteiger partial charge in [-0.05, 0) is 45.2 Å². The predicted molar refractivity (Wildman–Crippen MR) is 53.1 cm³/mol. The number of aliphatic hydroxyl groups is 1. The van der Waals surface area contributed by atoms with Crippen molar-refractivity contribution in [1.29, 1.82) is 0 Å². The average molecular weight is 201 g/mol. The van der Waals surface area contributed by atoms with Crippen molar-refractivity contribution >= 4 is 5.97 Å². The summed E-state index contributed by atoms with van der Waals surface area (Å²) < 4.78 is 0. The first-order valence-corrected chi connectivity index (χ1v) is 5.23. The summed E-state index contributed by atoms with van der Waals surface area (Å²) in [5.41, 5.74) is 0. The number of likely N-dealkylation sites (tertiary alicyclic amines) is 1. The van der Waals surface area contributed by atoms with Crippen LogP contribution in [0.5, 0.6) is 0 Å². The predicted octanol–water partition coefficient (Wildman–Crippen LogP) is 0.554. The zero-order chi connectivity index (χ0) is 10.6. The van der Waals surface area contributed by atoms with Crippen molar-refractivity contribution in [2.24, 2.45) is 5.92 Å². The lowest BCUT2D eigenvalue weighted by atomic mass is 9.93. The molecule has 0 aromatic rings. The number of hydrogen-bond acceptors (Lipinski definition) is 3. The number of aliphatic carboxylic acids is 1. The van der Waals surface area contributed by atoms with Crippen molar-refractivity contribution < 1.29 is 15.0 Å². The van der Waals surface area contributed by atoms with Crippen molar-refractivity contribution in [3.8, 4) is 0 Å². The van der Waals surface area contributed by atoms with Gasteiger partial charge in [0.05, 0.1) is 0 Å². The lowest BCUT2D eigenvalue weighted by Gasteiger charge is -2.33. The van der Waals surface area contributed by atoms with Crippen LogP contribution in [-0.2, 0) is 4.79 Å². The molecule has 1 aliphatic rings. The largest absolute Gasteiger partial charge is 0.480 e. The molecule has 0 aromatic heterocycles. The summed E-state index contributed by atoms with van der Waals surface area (Å²) in [6.45, 7) is 3.67. The Balaban J connectivity index is 2.31. The summed E-state index contributed by atoms with van der Waals surface area (Å²) in [5, 5.41) is 17.6. The molecule has 1 atom stereocenters. The molecule has 0 aromatic carbocycles. The van der Waals surface area contributed by atoms with Crippen molar-refractivity contribution in [2.75, 3.05) is 19.7 Å². The summed E-state index contributed by atoms with van der Waals surface area (Å²) >= 11 is 0. The van der Waals surface area contributed by atoms with Crippen molar-refractivity contribution in [2.45, 2.75) is 32.2 Å². The van der Waals surface area contributed by atoms with Gasteiger partial charge < -0.3 is 10.2 Å². The highest BCUT2D eigenvalue weighted by Gasteiger charge is 2.25. The standard InChI is InChI=1S/C10H19NO3/c1-8(10(13)14)11-5-2-9(3-6-11)4-7-12/h8-9,12H,2-7H2,1H3,(H,13,14)/t8-/m1/s1. The molecule has 0 aliphatic carbocycles. The molecule has 0 saturated carbocycles.